The Kier molecular flexibility index (Phi) is 4.08. The molecule has 0 spiro atoms. The van der Waals surface area contributed by atoms with Crippen molar-refractivity contribution in [1.29, 1.82) is 0 Å². The van der Waals surface area contributed by atoms with Crippen LogP contribution in [0.5, 0.6) is 0 Å². The lowest BCUT2D eigenvalue weighted by molar-refractivity contribution is -0.389. The molecule has 0 aliphatic rings. The van der Waals surface area contributed by atoms with E-state index in [-0.39, 0.29) is 6.61 Å². The molecule has 0 aliphatic carbocycles. The van der Waals surface area contributed by atoms with E-state index in [0.29, 0.717) is 6.07 Å². The Bertz CT molecular complexity index is 493. The molecule has 0 fully saturated rings. The first-order chi connectivity index (χ1) is 8.38. The molecule has 1 rings (SSSR count). The maximum atomic E-state index is 12.6. The van der Waals surface area contributed by atoms with Crippen LogP contribution in [0.4, 0.5) is 20.3 Å². The topological polar surface area (TPSA) is 108 Å². The summed E-state index contributed by atoms with van der Waals surface area (Å²) < 4.78 is 29.8. The number of esters is 1. The van der Waals surface area contributed by atoms with Crippen molar-refractivity contribution in [2.45, 2.75) is 13.3 Å². The fourth-order valence-corrected chi connectivity index (χ4v) is 1.19. The van der Waals surface area contributed by atoms with Crippen molar-refractivity contribution in [1.82, 2.24) is 4.98 Å². The van der Waals surface area contributed by atoms with Crippen LogP contribution in [-0.2, 0) is 4.74 Å². The Morgan fingerprint density at radius 1 is 1.67 bits per heavy atom. The molecule has 0 saturated carbocycles. The van der Waals surface area contributed by atoms with Gasteiger partial charge in [-0.3, -0.25) is 0 Å². The molecule has 1 heterocycles. The molecule has 2 N–H and O–H groups in total. The van der Waals surface area contributed by atoms with E-state index in [0.717, 1.165) is 0 Å². The lowest BCUT2D eigenvalue weighted by atomic mass is 10.1. The van der Waals surface area contributed by atoms with Gasteiger partial charge < -0.3 is 20.6 Å². The molecule has 0 radical (unpaired) electrons. The van der Waals surface area contributed by atoms with E-state index < -0.39 is 40.1 Å². The smallest absolute Gasteiger partial charge is 0.385 e. The Morgan fingerprint density at radius 3 is 2.72 bits per heavy atom. The highest BCUT2D eigenvalue weighted by molar-refractivity contribution is 5.94. The molecule has 0 aliphatic heterocycles. The largest absolute Gasteiger partial charge is 0.460 e. The second-order valence-corrected chi connectivity index (χ2v) is 3.11. The van der Waals surface area contributed by atoms with Gasteiger partial charge in [0.2, 0.25) is 0 Å². The molecule has 0 unspecified atom stereocenters. The van der Waals surface area contributed by atoms with Gasteiger partial charge in [-0.05, 0) is 16.8 Å². The summed E-state index contributed by atoms with van der Waals surface area (Å²) in [5.74, 6) is -1.97. The van der Waals surface area contributed by atoms with Gasteiger partial charge in [-0.25, -0.2) is 13.6 Å². The SMILES string of the molecule is CCOC(=O)c1nc([N+](=O)[O-])cc(C(F)F)c1N. The Labute approximate surface area is 99.7 Å². The first-order valence-corrected chi connectivity index (χ1v) is 4.78. The highest BCUT2D eigenvalue weighted by atomic mass is 19.3. The summed E-state index contributed by atoms with van der Waals surface area (Å²) >= 11 is 0. The molecular formula is C9H9F2N3O4. The molecule has 18 heavy (non-hydrogen) atoms. The summed E-state index contributed by atoms with van der Waals surface area (Å²) in [6, 6.07) is 0.530. The van der Waals surface area contributed by atoms with Gasteiger partial charge in [0.05, 0.1) is 12.2 Å². The van der Waals surface area contributed by atoms with Crippen LogP contribution in [0, 0.1) is 10.1 Å². The van der Waals surface area contributed by atoms with Gasteiger partial charge in [-0.15, -0.1) is 0 Å². The number of hydrogen-bond acceptors (Lipinski definition) is 6. The lowest BCUT2D eigenvalue weighted by Crippen LogP contribution is -2.14. The number of nitrogen functional groups attached to an aromatic ring is 1. The monoisotopic (exact) mass is 261 g/mol. The second kappa shape index (κ2) is 5.34. The van der Waals surface area contributed by atoms with Crippen molar-refractivity contribution in [3.63, 3.8) is 0 Å². The summed E-state index contributed by atoms with van der Waals surface area (Å²) in [7, 11) is 0. The molecule has 0 amide bonds. The Hall–Kier alpha value is -2.32. The summed E-state index contributed by atoms with van der Waals surface area (Å²) in [4.78, 5) is 24.2. The number of aromatic nitrogens is 1. The minimum atomic E-state index is -3.06. The minimum Gasteiger partial charge on any atom is -0.460 e. The van der Waals surface area contributed by atoms with Crippen molar-refractivity contribution < 1.29 is 23.2 Å². The van der Waals surface area contributed by atoms with E-state index in [2.05, 4.69) is 9.72 Å². The van der Waals surface area contributed by atoms with Crippen LogP contribution in [0.15, 0.2) is 6.07 Å². The molecule has 0 saturated heterocycles. The van der Waals surface area contributed by atoms with Crippen molar-refractivity contribution in [3.8, 4) is 0 Å². The van der Waals surface area contributed by atoms with Crippen LogP contribution < -0.4 is 5.73 Å². The molecule has 0 bridgehead atoms. The van der Waals surface area contributed by atoms with Crippen LogP contribution in [0.2, 0.25) is 0 Å². The zero-order valence-electron chi connectivity index (χ0n) is 9.22. The number of alkyl halides is 2. The van der Waals surface area contributed by atoms with Crippen LogP contribution in [0.25, 0.3) is 0 Å². The van der Waals surface area contributed by atoms with Gasteiger partial charge >= 0.3 is 11.8 Å². The number of ether oxygens (including phenoxy) is 1. The maximum absolute atomic E-state index is 12.6. The van der Waals surface area contributed by atoms with Gasteiger partial charge in [0, 0.05) is 6.07 Å². The highest BCUT2D eigenvalue weighted by Gasteiger charge is 2.28. The predicted molar refractivity (Wildman–Crippen MR) is 56.2 cm³/mol. The third-order valence-corrected chi connectivity index (χ3v) is 1.97. The number of nitro groups is 1. The molecular weight excluding hydrogens is 252 g/mol. The van der Waals surface area contributed by atoms with Crippen LogP contribution in [-0.4, -0.2) is 22.5 Å². The minimum absolute atomic E-state index is 0.0351. The molecule has 98 valence electrons. The van der Waals surface area contributed by atoms with E-state index in [1.807, 2.05) is 0 Å². The van der Waals surface area contributed by atoms with Gasteiger partial charge in [0.15, 0.2) is 0 Å². The number of carbonyl (C=O) groups is 1. The molecule has 9 heteroatoms. The fraction of sp³-hybridized carbons (Fsp3) is 0.333. The number of anilines is 1. The summed E-state index contributed by atoms with van der Waals surface area (Å²) in [5.41, 5.74) is 3.20. The standard InChI is InChI=1S/C9H9F2N3O4/c1-2-18-9(15)7-6(12)4(8(10)11)3-5(13-7)14(16)17/h3,8H,2,12H2,1H3. The first kappa shape index (κ1) is 13.7. The van der Waals surface area contributed by atoms with Crippen LogP contribution in [0.1, 0.15) is 29.4 Å². The number of hydrogen-bond donors (Lipinski definition) is 1. The Morgan fingerprint density at radius 2 is 2.28 bits per heavy atom. The molecule has 7 nitrogen and oxygen atoms in total. The van der Waals surface area contributed by atoms with Crippen LogP contribution >= 0.6 is 0 Å². The number of nitrogens with two attached hydrogens (primary N) is 1. The van der Waals surface area contributed by atoms with Gasteiger partial charge in [-0.1, -0.05) is 0 Å². The molecule has 0 atom stereocenters. The maximum Gasteiger partial charge on any atom is 0.385 e. The Balaban J connectivity index is 3.40. The van der Waals surface area contributed by atoms with Crippen molar-refractivity contribution in [3.05, 3.63) is 27.4 Å². The number of rotatable bonds is 4. The average Bonchev–Trinajstić information content (AvgIpc) is 2.28. The van der Waals surface area contributed by atoms with E-state index in [4.69, 9.17) is 5.73 Å². The summed E-state index contributed by atoms with van der Waals surface area (Å²) in [6.07, 6.45) is -3.06. The van der Waals surface area contributed by atoms with E-state index >= 15 is 0 Å². The third-order valence-electron chi connectivity index (χ3n) is 1.97. The van der Waals surface area contributed by atoms with Gasteiger partial charge in [0.1, 0.15) is 5.69 Å². The van der Waals surface area contributed by atoms with E-state index in [1.165, 1.54) is 6.92 Å². The quantitative estimate of drug-likeness (QED) is 0.501. The molecule has 1 aromatic heterocycles. The van der Waals surface area contributed by atoms with Crippen molar-refractivity contribution in [2.75, 3.05) is 12.3 Å². The first-order valence-electron chi connectivity index (χ1n) is 4.78. The number of carbonyl (C=O) groups excluding carboxylic acids is 1. The summed E-state index contributed by atoms with van der Waals surface area (Å²) in [5, 5.41) is 10.5. The highest BCUT2D eigenvalue weighted by Crippen LogP contribution is 2.30. The number of nitrogens with zero attached hydrogens (tertiary/aromatic N) is 2. The van der Waals surface area contributed by atoms with Crippen LogP contribution in [0.3, 0.4) is 0 Å². The van der Waals surface area contributed by atoms with Gasteiger partial charge in [-0.2, -0.15) is 0 Å². The zero-order chi connectivity index (χ0) is 13.9. The normalized spacial score (nSPS) is 10.4. The van der Waals surface area contributed by atoms with E-state index in [9.17, 15) is 23.7 Å². The van der Waals surface area contributed by atoms with Crippen molar-refractivity contribution in [2.24, 2.45) is 0 Å². The fourth-order valence-electron chi connectivity index (χ4n) is 1.19. The van der Waals surface area contributed by atoms with E-state index in [1.54, 1.807) is 0 Å². The average molecular weight is 261 g/mol. The number of pyridine rings is 1. The second-order valence-electron chi connectivity index (χ2n) is 3.11. The number of halogens is 2. The third kappa shape index (κ3) is 2.67. The van der Waals surface area contributed by atoms with Crippen molar-refractivity contribution >= 4 is 17.5 Å². The molecule has 0 aromatic carbocycles. The summed E-state index contributed by atoms with van der Waals surface area (Å²) in [6.45, 7) is 1.45. The predicted octanol–water partition coefficient (Wildman–Crippen LogP) is 1.69. The van der Waals surface area contributed by atoms with Gasteiger partial charge in [0.25, 0.3) is 12.1 Å². The zero-order valence-corrected chi connectivity index (χ0v) is 9.22. The lowest BCUT2D eigenvalue weighted by Gasteiger charge is -2.06. The molecule has 1 aromatic rings.